The summed E-state index contributed by atoms with van der Waals surface area (Å²) in [7, 11) is 0. The first kappa shape index (κ1) is 22.5. The van der Waals surface area contributed by atoms with Gasteiger partial charge in [-0.25, -0.2) is 9.18 Å². The molecule has 3 aromatic rings. The highest BCUT2D eigenvalue weighted by Crippen LogP contribution is 2.23. The molecule has 0 radical (unpaired) electrons. The van der Waals surface area contributed by atoms with Crippen molar-refractivity contribution in [1.82, 2.24) is 4.90 Å². The maximum Gasteiger partial charge on any atom is 0.324 e. The molecule has 2 N–H and O–H groups in total. The van der Waals surface area contributed by atoms with Crippen molar-refractivity contribution >= 4 is 23.3 Å². The van der Waals surface area contributed by atoms with E-state index in [1.165, 1.54) is 6.07 Å². The molecule has 4 rings (SSSR count). The summed E-state index contributed by atoms with van der Waals surface area (Å²) >= 11 is 0. The van der Waals surface area contributed by atoms with Crippen LogP contribution < -0.4 is 10.2 Å². The number of amides is 3. The highest BCUT2D eigenvalue weighted by atomic mass is 19.1. The lowest BCUT2D eigenvalue weighted by Gasteiger charge is -2.35. The van der Waals surface area contributed by atoms with Gasteiger partial charge in [0, 0.05) is 35.6 Å². The molecule has 170 valence electrons. The molecule has 33 heavy (non-hydrogen) atoms. The number of urea groups is 1. The van der Waals surface area contributed by atoms with Gasteiger partial charge in [0.15, 0.2) is 0 Å². The van der Waals surface area contributed by atoms with E-state index < -0.39 is 6.10 Å². The number of nitrogens with zero attached hydrogens (tertiary/aromatic N) is 2. The van der Waals surface area contributed by atoms with Crippen molar-refractivity contribution in [2.75, 3.05) is 23.3 Å². The van der Waals surface area contributed by atoms with Gasteiger partial charge in [0.05, 0.1) is 12.6 Å². The SMILES string of the molecule is C[C@@H](O)c1cccc(NC(=O)c2ccc(N3CCCN(Cc4ccccc4F)C3=O)cc2)c1. The van der Waals surface area contributed by atoms with Gasteiger partial charge in [-0.1, -0.05) is 30.3 Å². The second-order valence-corrected chi connectivity index (χ2v) is 8.10. The normalized spacial score (nSPS) is 14.8. The summed E-state index contributed by atoms with van der Waals surface area (Å²) in [6.07, 6.45) is 0.142. The Bertz CT molecular complexity index is 1150. The van der Waals surface area contributed by atoms with Gasteiger partial charge in [0.2, 0.25) is 0 Å². The fourth-order valence-electron chi connectivity index (χ4n) is 3.87. The first-order valence-electron chi connectivity index (χ1n) is 10.9. The number of anilines is 2. The van der Waals surface area contributed by atoms with E-state index in [4.69, 9.17) is 0 Å². The summed E-state index contributed by atoms with van der Waals surface area (Å²) in [6, 6.07) is 20.2. The monoisotopic (exact) mass is 447 g/mol. The summed E-state index contributed by atoms with van der Waals surface area (Å²) in [5, 5.41) is 12.5. The molecule has 3 aromatic carbocycles. The Hall–Kier alpha value is -3.71. The summed E-state index contributed by atoms with van der Waals surface area (Å²) in [5.41, 5.74) is 2.93. The number of rotatable bonds is 6. The van der Waals surface area contributed by atoms with Crippen LogP contribution in [0.1, 0.15) is 40.9 Å². The van der Waals surface area contributed by atoms with E-state index in [0.717, 1.165) is 6.42 Å². The zero-order valence-corrected chi connectivity index (χ0v) is 18.4. The highest BCUT2D eigenvalue weighted by molar-refractivity contribution is 6.04. The van der Waals surface area contributed by atoms with E-state index in [9.17, 15) is 19.1 Å². The van der Waals surface area contributed by atoms with Crippen molar-refractivity contribution in [3.63, 3.8) is 0 Å². The number of nitrogens with one attached hydrogen (secondary N) is 1. The highest BCUT2D eigenvalue weighted by Gasteiger charge is 2.27. The minimum atomic E-state index is -0.624. The number of halogens is 1. The zero-order chi connectivity index (χ0) is 23.4. The molecule has 1 heterocycles. The Balaban J connectivity index is 1.44. The van der Waals surface area contributed by atoms with E-state index >= 15 is 0 Å². The maximum absolute atomic E-state index is 14.0. The van der Waals surface area contributed by atoms with Crippen molar-refractivity contribution < 1.29 is 19.1 Å². The lowest BCUT2D eigenvalue weighted by Crippen LogP contribution is -2.49. The smallest absolute Gasteiger partial charge is 0.324 e. The van der Waals surface area contributed by atoms with Crippen LogP contribution in [0, 0.1) is 5.82 Å². The molecule has 0 aliphatic carbocycles. The zero-order valence-electron chi connectivity index (χ0n) is 18.4. The number of aliphatic hydroxyl groups excluding tert-OH is 1. The Kier molecular flexibility index (Phi) is 6.70. The van der Waals surface area contributed by atoms with Crippen LogP contribution >= 0.6 is 0 Å². The molecule has 1 aliphatic rings. The molecule has 1 fully saturated rings. The second kappa shape index (κ2) is 9.83. The largest absolute Gasteiger partial charge is 0.389 e. The molecular formula is C26H26FN3O3. The van der Waals surface area contributed by atoms with Crippen LogP contribution in [0.25, 0.3) is 0 Å². The fourth-order valence-corrected chi connectivity index (χ4v) is 3.87. The van der Waals surface area contributed by atoms with Crippen LogP contribution in [0.4, 0.5) is 20.6 Å². The number of aliphatic hydroxyl groups is 1. The molecule has 0 spiro atoms. The lowest BCUT2D eigenvalue weighted by molar-refractivity contribution is 0.102. The molecular weight excluding hydrogens is 421 g/mol. The third-order valence-corrected chi connectivity index (χ3v) is 5.70. The second-order valence-electron chi connectivity index (χ2n) is 8.10. The Labute approximate surface area is 192 Å². The van der Waals surface area contributed by atoms with E-state index in [1.807, 2.05) is 0 Å². The third-order valence-electron chi connectivity index (χ3n) is 5.70. The van der Waals surface area contributed by atoms with Crippen LogP contribution in [0.5, 0.6) is 0 Å². The maximum atomic E-state index is 14.0. The summed E-state index contributed by atoms with van der Waals surface area (Å²) in [4.78, 5) is 28.9. The van der Waals surface area contributed by atoms with Crippen LogP contribution in [-0.4, -0.2) is 35.0 Å². The van der Waals surface area contributed by atoms with Gasteiger partial charge in [0.1, 0.15) is 5.82 Å². The van der Waals surface area contributed by atoms with E-state index in [1.54, 1.807) is 83.5 Å². The molecule has 6 nitrogen and oxygen atoms in total. The quantitative estimate of drug-likeness (QED) is 0.561. The molecule has 1 atom stereocenters. The van der Waals surface area contributed by atoms with Gasteiger partial charge >= 0.3 is 6.03 Å². The number of carbonyl (C=O) groups excluding carboxylic acids is 2. The van der Waals surface area contributed by atoms with Crippen molar-refractivity contribution in [2.24, 2.45) is 0 Å². The molecule has 0 saturated carbocycles. The van der Waals surface area contributed by atoms with Gasteiger partial charge in [-0.15, -0.1) is 0 Å². The first-order chi connectivity index (χ1) is 15.9. The van der Waals surface area contributed by atoms with Gasteiger partial charge in [-0.2, -0.15) is 0 Å². The van der Waals surface area contributed by atoms with Crippen molar-refractivity contribution in [1.29, 1.82) is 0 Å². The molecule has 1 saturated heterocycles. The lowest BCUT2D eigenvalue weighted by atomic mass is 10.1. The van der Waals surface area contributed by atoms with Crippen LogP contribution in [-0.2, 0) is 6.54 Å². The molecule has 3 amide bonds. The summed E-state index contributed by atoms with van der Waals surface area (Å²) in [6.45, 7) is 3.01. The van der Waals surface area contributed by atoms with Gasteiger partial charge in [-0.3, -0.25) is 9.69 Å². The Morgan fingerprint density at radius 1 is 1.06 bits per heavy atom. The average molecular weight is 448 g/mol. The van der Waals surface area contributed by atoms with Crippen LogP contribution in [0.15, 0.2) is 72.8 Å². The molecule has 0 aromatic heterocycles. The molecule has 0 bridgehead atoms. The molecule has 0 unspecified atom stereocenters. The Morgan fingerprint density at radius 2 is 1.82 bits per heavy atom. The van der Waals surface area contributed by atoms with Gasteiger partial charge < -0.3 is 15.3 Å². The van der Waals surface area contributed by atoms with Crippen LogP contribution in [0.3, 0.4) is 0 Å². The fraction of sp³-hybridized carbons (Fsp3) is 0.231. The van der Waals surface area contributed by atoms with Crippen molar-refractivity contribution in [2.45, 2.75) is 26.0 Å². The topological polar surface area (TPSA) is 72.9 Å². The van der Waals surface area contributed by atoms with E-state index in [-0.39, 0.29) is 24.3 Å². The predicted molar refractivity (Wildman–Crippen MR) is 126 cm³/mol. The van der Waals surface area contributed by atoms with E-state index in [0.29, 0.717) is 41.2 Å². The number of hydrogen-bond acceptors (Lipinski definition) is 3. The van der Waals surface area contributed by atoms with Crippen molar-refractivity contribution in [3.05, 3.63) is 95.3 Å². The minimum absolute atomic E-state index is 0.184. The number of carbonyl (C=O) groups is 2. The number of hydrogen-bond donors (Lipinski definition) is 2. The summed E-state index contributed by atoms with van der Waals surface area (Å²) < 4.78 is 14.0. The van der Waals surface area contributed by atoms with Gasteiger partial charge in [0.25, 0.3) is 5.91 Å². The number of benzene rings is 3. The standard InChI is InChI=1S/C26H26FN3O3/c1-18(31)20-7-4-8-22(16-20)28-25(32)19-10-12-23(13-11-19)30-15-5-14-29(26(30)33)17-21-6-2-3-9-24(21)27/h2-4,6-13,16,18,31H,5,14-15,17H2,1H3,(H,28,32)/t18-/m1/s1. The van der Waals surface area contributed by atoms with Crippen LogP contribution in [0.2, 0.25) is 0 Å². The average Bonchev–Trinajstić information content (AvgIpc) is 2.82. The first-order valence-corrected chi connectivity index (χ1v) is 10.9. The predicted octanol–water partition coefficient (Wildman–Crippen LogP) is 4.96. The minimum Gasteiger partial charge on any atom is -0.389 e. The van der Waals surface area contributed by atoms with Crippen molar-refractivity contribution in [3.8, 4) is 0 Å². The Morgan fingerprint density at radius 3 is 2.55 bits per heavy atom. The van der Waals surface area contributed by atoms with E-state index in [2.05, 4.69) is 5.32 Å². The third kappa shape index (κ3) is 5.21. The molecule has 1 aliphatic heterocycles. The van der Waals surface area contributed by atoms with Gasteiger partial charge in [-0.05, 0) is 61.4 Å². The summed E-state index contributed by atoms with van der Waals surface area (Å²) in [5.74, 6) is -0.604. The molecule has 7 heteroatoms.